The summed E-state index contributed by atoms with van der Waals surface area (Å²) in [5.74, 6) is -0.101. The number of carbonyl (C=O) groups is 2. The van der Waals surface area contributed by atoms with Crippen LogP contribution in [-0.4, -0.2) is 54.3 Å². The van der Waals surface area contributed by atoms with Gasteiger partial charge < -0.3 is 10.2 Å². The van der Waals surface area contributed by atoms with E-state index in [1.165, 1.54) is 6.42 Å². The van der Waals surface area contributed by atoms with Crippen LogP contribution >= 0.6 is 23.2 Å². The Morgan fingerprint density at radius 2 is 2.00 bits per heavy atom. The first-order chi connectivity index (χ1) is 11.9. The third kappa shape index (κ3) is 5.87. The van der Waals surface area contributed by atoms with Crippen LogP contribution in [0.15, 0.2) is 18.2 Å². The molecule has 138 valence electrons. The fraction of sp³-hybridized carbons (Fsp3) is 0.556. The first-order valence-corrected chi connectivity index (χ1v) is 9.39. The number of hydrogen-bond donors (Lipinski definition) is 1. The molecule has 1 N–H and O–H groups in total. The lowest BCUT2D eigenvalue weighted by atomic mass is 10.00. The molecule has 1 aromatic rings. The van der Waals surface area contributed by atoms with Gasteiger partial charge >= 0.3 is 0 Å². The summed E-state index contributed by atoms with van der Waals surface area (Å²) < 4.78 is 0. The Morgan fingerprint density at radius 3 is 2.68 bits per heavy atom. The zero-order valence-electron chi connectivity index (χ0n) is 14.7. The molecule has 0 aromatic heterocycles. The van der Waals surface area contributed by atoms with Crippen LogP contribution in [-0.2, 0) is 9.59 Å². The summed E-state index contributed by atoms with van der Waals surface area (Å²) in [5, 5.41) is 3.59. The average Bonchev–Trinajstić information content (AvgIpc) is 2.57. The molecule has 0 saturated carbocycles. The van der Waals surface area contributed by atoms with Crippen molar-refractivity contribution in [2.75, 3.05) is 32.0 Å². The van der Waals surface area contributed by atoms with Crippen molar-refractivity contribution in [2.45, 2.75) is 38.6 Å². The van der Waals surface area contributed by atoms with Crippen LogP contribution in [0.1, 0.15) is 32.6 Å². The van der Waals surface area contributed by atoms with Crippen LogP contribution in [0.2, 0.25) is 10.0 Å². The highest BCUT2D eigenvalue weighted by Crippen LogP contribution is 2.25. The van der Waals surface area contributed by atoms with Gasteiger partial charge in [-0.25, -0.2) is 0 Å². The number of nitrogens with one attached hydrogen (secondary N) is 1. The molecule has 0 bridgehead atoms. The molecule has 2 amide bonds. The van der Waals surface area contributed by atoms with E-state index in [1.54, 1.807) is 30.1 Å². The molecular formula is C18H25Cl2N3O2. The molecule has 7 heteroatoms. The van der Waals surface area contributed by atoms with Crippen LogP contribution in [0.3, 0.4) is 0 Å². The minimum atomic E-state index is -0.195. The maximum Gasteiger partial charge on any atom is 0.238 e. The van der Waals surface area contributed by atoms with Gasteiger partial charge in [-0.15, -0.1) is 0 Å². The van der Waals surface area contributed by atoms with E-state index in [2.05, 4.69) is 12.2 Å². The predicted octanol–water partition coefficient (Wildman–Crippen LogP) is 3.65. The molecule has 1 aromatic carbocycles. The highest BCUT2D eigenvalue weighted by molar-refractivity contribution is 6.42. The summed E-state index contributed by atoms with van der Waals surface area (Å²) in [7, 11) is 1.78. The lowest BCUT2D eigenvalue weighted by molar-refractivity contribution is -0.136. The van der Waals surface area contributed by atoms with Crippen molar-refractivity contribution >= 4 is 40.7 Å². The van der Waals surface area contributed by atoms with Gasteiger partial charge in [0.2, 0.25) is 11.8 Å². The normalized spacial score (nSPS) is 17.6. The SMILES string of the molecule is CC[C@H]1CCCCN1C(=O)CN(C)CC(=O)Nc1ccc(Cl)c(Cl)c1. The minimum absolute atomic E-state index is 0.0939. The number of halogens is 2. The van der Waals surface area contributed by atoms with Gasteiger partial charge in [-0.05, 0) is 50.9 Å². The van der Waals surface area contributed by atoms with Gasteiger partial charge in [-0.3, -0.25) is 14.5 Å². The fourth-order valence-corrected chi connectivity index (χ4v) is 3.45. The molecule has 5 nitrogen and oxygen atoms in total. The summed E-state index contributed by atoms with van der Waals surface area (Å²) in [4.78, 5) is 28.4. The topological polar surface area (TPSA) is 52.7 Å². The predicted molar refractivity (Wildman–Crippen MR) is 102 cm³/mol. The van der Waals surface area contributed by atoms with Crippen molar-refractivity contribution in [1.82, 2.24) is 9.80 Å². The van der Waals surface area contributed by atoms with Gasteiger partial charge in [0, 0.05) is 18.3 Å². The van der Waals surface area contributed by atoms with Crippen LogP contribution < -0.4 is 5.32 Å². The van der Waals surface area contributed by atoms with Gasteiger partial charge in [0.1, 0.15) is 0 Å². The van der Waals surface area contributed by atoms with E-state index >= 15 is 0 Å². The van der Waals surface area contributed by atoms with Crippen molar-refractivity contribution < 1.29 is 9.59 Å². The maximum atomic E-state index is 12.5. The Labute approximate surface area is 159 Å². The number of rotatable bonds is 6. The van der Waals surface area contributed by atoms with Gasteiger partial charge in [0.05, 0.1) is 23.1 Å². The number of anilines is 1. The Bertz CT molecular complexity index is 624. The lowest BCUT2D eigenvalue weighted by Crippen LogP contribution is -2.48. The molecule has 0 aliphatic carbocycles. The van der Waals surface area contributed by atoms with Crippen molar-refractivity contribution in [1.29, 1.82) is 0 Å². The molecule has 1 fully saturated rings. The van der Waals surface area contributed by atoms with Gasteiger partial charge in [0.15, 0.2) is 0 Å². The number of likely N-dealkylation sites (tertiary alicyclic amines) is 1. The Hall–Kier alpha value is -1.30. The summed E-state index contributed by atoms with van der Waals surface area (Å²) >= 11 is 11.8. The largest absolute Gasteiger partial charge is 0.339 e. The smallest absolute Gasteiger partial charge is 0.238 e. The second kappa shape index (κ2) is 9.41. The third-order valence-corrected chi connectivity index (χ3v) is 5.18. The van der Waals surface area contributed by atoms with E-state index < -0.39 is 0 Å². The zero-order chi connectivity index (χ0) is 18.4. The molecule has 1 atom stereocenters. The second-order valence-corrected chi connectivity index (χ2v) is 7.31. The third-order valence-electron chi connectivity index (χ3n) is 4.44. The van der Waals surface area contributed by atoms with Crippen molar-refractivity contribution in [3.8, 4) is 0 Å². The number of amides is 2. The highest BCUT2D eigenvalue weighted by atomic mass is 35.5. The summed E-state index contributed by atoms with van der Waals surface area (Å²) in [6.45, 7) is 3.31. The van der Waals surface area contributed by atoms with E-state index in [4.69, 9.17) is 23.2 Å². The Balaban J connectivity index is 1.84. The number of likely N-dealkylation sites (N-methyl/N-ethyl adjacent to an activating group) is 1. The number of carbonyl (C=O) groups excluding carboxylic acids is 2. The van der Waals surface area contributed by atoms with Gasteiger partial charge in [-0.1, -0.05) is 30.1 Å². The number of nitrogens with zero attached hydrogens (tertiary/aromatic N) is 2. The second-order valence-electron chi connectivity index (χ2n) is 6.49. The van der Waals surface area contributed by atoms with E-state index in [0.717, 1.165) is 25.8 Å². The molecule has 1 aliphatic rings. The zero-order valence-corrected chi connectivity index (χ0v) is 16.2. The molecule has 0 unspecified atom stereocenters. The first-order valence-electron chi connectivity index (χ1n) is 8.63. The molecule has 0 radical (unpaired) electrons. The van der Waals surface area contributed by atoms with Crippen molar-refractivity contribution in [2.24, 2.45) is 0 Å². The molecule has 1 aliphatic heterocycles. The van der Waals surface area contributed by atoms with Crippen LogP contribution in [0, 0.1) is 0 Å². The number of piperidine rings is 1. The fourth-order valence-electron chi connectivity index (χ4n) is 3.15. The molecule has 25 heavy (non-hydrogen) atoms. The summed E-state index contributed by atoms with van der Waals surface area (Å²) in [6.07, 6.45) is 4.30. The van der Waals surface area contributed by atoms with Gasteiger partial charge in [-0.2, -0.15) is 0 Å². The van der Waals surface area contributed by atoms with Crippen LogP contribution in [0.25, 0.3) is 0 Å². The molecule has 2 rings (SSSR count). The number of hydrogen-bond acceptors (Lipinski definition) is 3. The van der Waals surface area contributed by atoms with E-state index in [1.807, 2.05) is 4.90 Å². The molecule has 1 saturated heterocycles. The summed E-state index contributed by atoms with van der Waals surface area (Å²) in [6, 6.07) is 5.26. The molecule has 0 spiro atoms. The van der Waals surface area contributed by atoms with E-state index in [9.17, 15) is 9.59 Å². The monoisotopic (exact) mass is 385 g/mol. The highest BCUT2D eigenvalue weighted by Gasteiger charge is 2.26. The lowest BCUT2D eigenvalue weighted by Gasteiger charge is -2.36. The van der Waals surface area contributed by atoms with E-state index in [-0.39, 0.29) is 24.9 Å². The Kier molecular flexibility index (Phi) is 7.54. The maximum absolute atomic E-state index is 12.5. The van der Waals surface area contributed by atoms with Crippen LogP contribution in [0.5, 0.6) is 0 Å². The first kappa shape index (κ1) is 20.0. The van der Waals surface area contributed by atoms with Gasteiger partial charge in [0.25, 0.3) is 0 Å². The Morgan fingerprint density at radius 1 is 1.24 bits per heavy atom. The minimum Gasteiger partial charge on any atom is -0.339 e. The molecular weight excluding hydrogens is 361 g/mol. The average molecular weight is 386 g/mol. The number of benzene rings is 1. The van der Waals surface area contributed by atoms with Crippen molar-refractivity contribution in [3.05, 3.63) is 28.2 Å². The van der Waals surface area contributed by atoms with E-state index in [0.29, 0.717) is 21.8 Å². The molecule has 1 heterocycles. The van der Waals surface area contributed by atoms with Crippen LogP contribution in [0.4, 0.5) is 5.69 Å². The quantitative estimate of drug-likeness (QED) is 0.812. The van der Waals surface area contributed by atoms with Crippen molar-refractivity contribution in [3.63, 3.8) is 0 Å². The summed E-state index contributed by atoms with van der Waals surface area (Å²) in [5.41, 5.74) is 0.584. The standard InChI is InChI=1S/C18H25Cl2N3O2/c1-3-14-6-4-5-9-23(14)18(25)12-22(2)11-17(24)21-13-7-8-15(19)16(20)10-13/h7-8,10,14H,3-6,9,11-12H2,1-2H3,(H,21,24)/t14-/m0/s1.